The van der Waals surface area contributed by atoms with Gasteiger partial charge in [-0.25, -0.2) is 0 Å². The van der Waals surface area contributed by atoms with Gasteiger partial charge in [0.05, 0.1) is 5.60 Å². The molecule has 0 aliphatic heterocycles. The Morgan fingerprint density at radius 3 is 2.57 bits per heavy atom. The summed E-state index contributed by atoms with van der Waals surface area (Å²) in [5.74, 6) is 0.836. The minimum Gasteiger partial charge on any atom is -0.396 e. The monoisotopic (exact) mass is 196 g/mol. The van der Waals surface area contributed by atoms with Gasteiger partial charge in [-0.1, -0.05) is 19.3 Å². The maximum Gasteiger partial charge on any atom is 0.0759 e. The number of hydrogen-bond donors (Lipinski definition) is 2. The van der Waals surface area contributed by atoms with Crippen molar-refractivity contribution in [2.45, 2.75) is 50.5 Å². The molecule has 0 heterocycles. The van der Waals surface area contributed by atoms with Gasteiger partial charge < -0.3 is 10.2 Å². The molecular weight excluding hydrogens is 176 g/mol. The van der Waals surface area contributed by atoms with Gasteiger partial charge in [-0.15, -0.1) is 0 Å². The van der Waals surface area contributed by atoms with Crippen LogP contribution >= 0.6 is 0 Å². The van der Waals surface area contributed by atoms with E-state index in [9.17, 15) is 10.2 Å². The molecule has 3 fully saturated rings. The quantitative estimate of drug-likeness (QED) is 0.670. The van der Waals surface area contributed by atoms with Crippen molar-refractivity contribution in [1.29, 1.82) is 0 Å². The highest BCUT2D eigenvalue weighted by Crippen LogP contribution is 2.71. The normalized spacial score (nSPS) is 56.1. The smallest absolute Gasteiger partial charge is 0.0759 e. The summed E-state index contributed by atoms with van der Waals surface area (Å²) in [5, 5.41) is 20.1. The number of aliphatic hydroxyl groups excluding tert-OH is 1. The van der Waals surface area contributed by atoms with Crippen molar-refractivity contribution in [2.24, 2.45) is 17.3 Å². The van der Waals surface area contributed by atoms with Crippen molar-refractivity contribution in [3.63, 3.8) is 0 Å². The van der Waals surface area contributed by atoms with Gasteiger partial charge >= 0.3 is 0 Å². The lowest BCUT2D eigenvalue weighted by molar-refractivity contribution is -0.278. The van der Waals surface area contributed by atoms with E-state index in [1.807, 2.05) is 0 Å². The Hall–Kier alpha value is -0.0800. The number of rotatable bonds is 1. The second kappa shape index (κ2) is 2.73. The Labute approximate surface area is 85.3 Å². The standard InChI is InChI=1S/C12H20O2/c13-8-10-9-4-3-6-11(9)5-1-2-7-12(10,11)14/h9-10,13-14H,1-8H2/t9-,10-,11+,12+/m1/s1. The molecule has 3 rings (SSSR count). The molecule has 2 nitrogen and oxygen atoms in total. The van der Waals surface area contributed by atoms with E-state index in [0.717, 1.165) is 12.8 Å². The average Bonchev–Trinajstić information content (AvgIpc) is 2.52. The van der Waals surface area contributed by atoms with Crippen LogP contribution in [0.4, 0.5) is 0 Å². The summed E-state index contributed by atoms with van der Waals surface area (Å²) in [5.41, 5.74) is -0.250. The fraction of sp³-hybridized carbons (Fsp3) is 1.00. The van der Waals surface area contributed by atoms with Crippen molar-refractivity contribution >= 4 is 0 Å². The van der Waals surface area contributed by atoms with Crippen LogP contribution in [0.25, 0.3) is 0 Å². The fourth-order valence-corrected chi connectivity index (χ4v) is 4.90. The minimum absolute atomic E-state index is 0.197. The molecular formula is C12H20O2. The van der Waals surface area contributed by atoms with Crippen LogP contribution in [0, 0.1) is 17.3 Å². The SMILES string of the molecule is OC[C@@H]1[C@H]2CCC[C@@]23CCCC[C@]13O. The lowest BCUT2D eigenvalue weighted by Crippen LogP contribution is -2.70. The van der Waals surface area contributed by atoms with E-state index in [2.05, 4.69) is 0 Å². The van der Waals surface area contributed by atoms with Gasteiger partial charge in [0.15, 0.2) is 0 Å². The Morgan fingerprint density at radius 2 is 1.79 bits per heavy atom. The molecule has 3 aliphatic rings. The first-order valence-electron chi connectivity index (χ1n) is 6.08. The van der Waals surface area contributed by atoms with E-state index in [1.165, 1.54) is 32.1 Å². The Balaban J connectivity index is 1.96. The van der Waals surface area contributed by atoms with Crippen molar-refractivity contribution in [2.75, 3.05) is 6.61 Å². The van der Waals surface area contributed by atoms with E-state index in [1.54, 1.807) is 0 Å². The van der Waals surface area contributed by atoms with Crippen LogP contribution in [0.2, 0.25) is 0 Å². The maximum absolute atomic E-state index is 10.7. The van der Waals surface area contributed by atoms with Crippen molar-refractivity contribution in [3.05, 3.63) is 0 Å². The molecule has 0 radical (unpaired) electrons. The third-order valence-corrected chi connectivity index (χ3v) is 5.44. The predicted molar refractivity (Wildman–Crippen MR) is 53.8 cm³/mol. The fourth-order valence-electron chi connectivity index (χ4n) is 4.90. The molecule has 2 heteroatoms. The maximum atomic E-state index is 10.7. The van der Waals surface area contributed by atoms with E-state index in [0.29, 0.717) is 5.92 Å². The molecule has 3 saturated carbocycles. The van der Waals surface area contributed by atoms with Gasteiger partial charge in [0.1, 0.15) is 0 Å². The summed E-state index contributed by atoms with van der Waals surface area (Å²) in [6.07, 6.45) is 8.32. The lowest BCUT2D eigenvalue weighted by atomic mass is 9.41. The van der Waals surface area contributed by atoms with Crippen LogP contribution in [-0.4, -0.2) is 22.4 Å². The summed E-state index contributed by atoms with van der Waals surface area (Å²) in [7, 11) is 0. The van der Waals surface area contributed by atoms with Crippen LogP contribution in [-0.2, 0) is 0 Å². The largest absolute Gasteiger partial charge is 0.396 e. The lowest BCUT2D eigenvalue weighted by Gasteiger charge is -2.67. The molecule has 0 unspecified atom stereocenters. The minimum atomic E-state index is -0.485. The zero-order valence-corrected chi connectivity index (χ0v) is 8.71. The van der Waals surface area contributed by atoms with E-state index in [-0.39, 0.29) is 17.9 Å². The van der Waals surface area contributed by atoms with Gasteiger partial charge in [-0.2, -0.15) is 0 Å². The average molecular weight is 196 g/mol. The van der Waals surface area contributed by atoms with Gasteiger partial charge in [-0.3, -0.25) is 0 Å². The summed E-state index contributed by atoms with van der Waals surface area (Å²) in [6, 6.07) is 0. The van der Waals surface area contributed by atoms with Crippen LogP contribution in [0.15, 0.2) is 0 Å². The number of aliphatic hydroxyl groups is 2. The van der Waals surface area contributed by atoms with Crippen LogP contribution in [0.5, 0.6) is 0 Å². The Morgan fingerprint density at radius 1 is 1.07 bits per heavy atom. The molecule has 0 amide bonds. The second-order valence-electron chi connectivity index (χ2n) is 5.58. The van der Waals surface area contributed by atoms with Crippen molar-refractivity contribution in [1.82, 2.24) is 0 Å². The molecule has 14 heavy (non-hydrogen) atoms. The van der Waals surface area contributed by atoms with Gasteiger partial charge in [0, 0.05) is 17.9 Å². The highest BCUT2D eigenvalue weighted by atomic mass is 16.3. The molecule has 0 aromatic rings. The van der Waals surface area contributed by atoms with Crippen molar-refractivity contribution < 1.29 is 10.2 Å². The Bertz CT molecular complexity index is 253. The molecule has 0 aromatic carbocycles. The first-order valence-corrected chi connectivity index (χ1v) is 6.08. The van der Waals surface area contributed by atoms with Crippen LogP contribution < -0.4 is 0 Å². The molecule has 1 spiro atoms. The zero-order valence-electron chi connectivity index (χ0n) is 8.71. The summed E-state index contributed by atoms with van der Waals surface area (Å²) in [6.45, 7) is 0.197. The second-order valence-corrected chi connectivity index (χ2v) is 5.58. The molecule has 80 valence electrons. The summed E-state index contributed by atoms with van der Waals surface area (Å²) >= 11 is 0. The predicted octanol–water partition coefficient (Wildman–Crippen LogP) is 1.70. The van der Waals surface area contributed by atoms with E-state index < -0.39 is 5.60 Å². The van der Waals surface area contributed by atoms with Crippen LogP contribution in [0.1, 0.15) is 44.9 Å². The van der Waals surface area contributed by atoms with Gasteiger partial charge in [0.2, 0.25) is 0 Å². The number of hydrogen-bond acceptors (Lipinski definition) is 2. The molecule has 0 bridgehead atoms. The topological polar surface area (TPSA) is 40.5 Å². The molecule has 0 aromatic heterocycles. The van der Waals surface area contributed by atoms with E-state index in [4.69, 9.17) is 0 Å². The molecule has 0 saturated heterocycles. The van der Waals surface area contributed by atoms with Gasteiger partial charge in [0.25, 0.3) is 0 Å². The molecule has 3 aliphatic carbocycles. The summed E-state index contributed by atoms with van der Waals surface area (Å²) < 4.78 is 0. The third kappa shape index (κ3) is 0.772. The van der Waals surface area contributed by atoms with Crippen LogP contribution in [0.3, 0.4) is 0 Å². The molecule has 2 N–H and O–H groups in total. The highest BCUT2D eigenvalue weighted by molar-refractivity contribution is 5.21. The molecule has 4 atom stereocenters. The van der Waals surface area contributed by atoms with Crippen molar-refractivity contribution in [3.8, 4) is 0 Å². The first kappa shape index (κ1) is 9.17. The Kier molecular flexibility index (Phi) is 1.79. The summed E-state index contributed by atoms with van der Waals surface area (Å²) in [4.78, 5) is 0. The first-order chi connectivity index (χ1) is 6.74. The zero-order chi connectivity index (χ0) is 9.81. The highest BCUT2D eigenvalue weighted by Gasteiger charge is 2.71. The third-order valence-electron chi connectivity index (χ3n) is 5.44. The van der Waals surface area contributed by atoms with Gasteiger partial charge in [-0.05, 0) is 31.6 Å². The van der Waals surface area contributed by atoms with E-state index >= 15 is 0 Å².